The van der Waals surface area contributed by atoms with Gasteiger partial charge in [-0.2, -0.15) is 4.31 Å². The summed E-state index contributed by atoms with van der Waals surface area (Å²) in [6.07, 6.45) is 3.42. The van der Waals surface area contributed by atoms with Gasteiger partial charge >= 0.3 is 0 Å². The highest BCUT2D eigenvalue weighted by atomic mass is 32.2. The van der Waals surface area contributed by atoms with Crippen molar-refractivity contribution in [3.63, 3.8) is 0 Å². The first kappa shape index (κ1) is 14.7. The average Bonchev–Trinajstić information content (AvgIpc) is 2.84. The van der Waals surface area contributed by atoms with Crippen LogP contribution in [0.25, 0.3) is 0 Å². The van der Waals surface area contributed by atoms with Crippen LogP contribution in [0.5, 0.6) is 0 Å². The highest BCUT2D eigenvalue weighted by Crippen LogP contribution is 2.20. The molecule has 0 fully saturated rings. The lowest BCUT2D eigenvalue weighted by Gasteiger charge is -2.18. The Balaban J connectivity index is 2.32. The molecule has 0 saturated heterocycles. The predicted octanol–water partition coefficient (Wildman–Crippen LogP) is 0.699. The summed E-state index contributed by atoms with van der Waals surface area (Å²) in [7, 11) is -0.206. The summed E-state index contributed by atoms with van der Waals surface area (Å²) in [6.45, 7) is 0.399. The number of nitrogens with two attached hydrogens (primary N) is 1. The molecule has 2 rings (SSSR count). The Morgan fingerprint density at radius 1 is 1.35 bits per heavy atom. The summed E-state index contributed by atoms with van der Waals surface area (Å²) in [4.78, 5) is 4.39. The predicted molar refractivity (Wildman–Crippen MR) is 76.2 cm³/mol. The molecule has 2 N–H and O–H groups in total. The maximum absolute atomic E-state index is 12.6. The Kier molecular flexibility index (Phi) is 4.22. The van der Waals surface area contributed by atoms with Gasteiger partial charge in [0, 0.05) is 33.0 Å². The fourth-order valence-electron chi connectivity index (χ4n) is 1.92. The molecule has 0 aliphatic carbocycles. The Morgan fingerprint density at radius 3 is 2.65 bits per heavy atom. The third-order valence-electron chi connectivity index (χ3n) is 3.17. The SMILES string of the molecule is CN(Cc1nccn1C)S(=O)(=O)c1ccccc1CN. The summed E-state index contributed by atoms with van der Waals surface area (Å²) < 4.78 is 28.2. The van der Waals surface area contributed by atoms with Crippen molar-refractivity contribution in [3.8, 4) is 0 Å². The van der Waals surface area contributed by atoms with Crippen LogP contribution in [0.1, 0.15) is 11.4 Å². The highest BCUT2D eigenvalue weighted by molar-refractivity contribution is 7.89. The molecule has 0 saturated carbocycles. The van der Waals surface area contributed by atoms with Crippen LogP contribution in [0.2, 0.25) is 0 Å². The Morgan fingerprint density at radius 2 is 2.05 bits per heavy atom. The van der Waals surface area contributed by atoms with Crippen molar-refractivity contribution in [3.05, 3.63) is 48.0 Å². The number of aromatic nitrogens is 2. The Bertz CT molecular complexity index is 694. The number of rotatable bonds is 5. The van der Waals surface area contributed by atoms with E-state index in [1.165, 1.54) is 11.4 Å². The molecule has 1 heterocycles. The van der Waals surface area contributed by atoms with Gasteiger partial charge in [0.05, 0.1) is 11.4 Å². The molecule has 6 nitrogen and oxygen atoms in total. The van der Waals surface area contributed by atoms with E-state index in [0.29, 0.717) is 11.4 Å². The molecular formula is C13H18N4O2S. The first-order chi connectivity index (χ1) is 9.46. The maximum atomic E-state index is 12.6. The van der Waals surface area contributed by atoms with E-state index in [-0.39, 0.29) is 18.0 Å². The van der Waals surface area contributed by atoms with Crippen molar-refractivity contribution < 1.29 is 8.42 Å². The summed E-state index contributed by atoms with van der Waals surface area (Å²) in [5.41, 5.74) is 6.22. The molecule has 0 atom stereocenters. The summed E-state index contributed by atoms with van der Waals surface area (Å²) >= 11 is 0. The standard InChI is InChI=1S/C13H18N4O2S/c1-16-8-7-15-13(16)10-17(2)20(18,19)12-6-4-3-5-11(12)9-14/h3-8H,9-10,14H2,1-2H3. The van der Waals surface area contributed by atoms with Crippen molar-refractivity contribution in [2.45, 2.75) is 18.0 Å². The summed E-state index contributed by atoms with van der Waals surface area (Å²) in [5.74, 6) is 0.682. The number of hydrogen-bond donors (Lipinski definition) is 1. The molecule has 0 bridgehead atoms. The molecule has 7 heteroatoms. The second-order valence-corrected chi connectivity index (χ2v) is 6.54. The van der Waals surface area contributed by atoms with E-state index in [1.807, 2.05) is 7.05 Å². The molecule has 2 aromatic rings. The number of sulfonamides is 1. The molecule has 0 aliphatic heterocycles. The van der Waals surface area contributed by atoms with Crippen LogP contribution in [-0.4, -0.2) is 29.3 Å². The van der Waals surface area contributed by atoms with Gasteiger partial charge in [0.15, 0.2) is 0 Å². The molecule has 0 radical (unpaired) electrons. The summed E-state index contributed by atoms with van der Waals surface area (Å²) in [5, 5.41) is 0. The molecule has 0 unspecified atom stereocenters. The van der Waals surface area contributed by atoms with Crippen LogP contribution in [-0.2, 0) is 30.2 Å². The van der Waals surface area contributed by atoms with E-state index in [1.54, 1.807) is 41.2 Å². The van der Waals surface area contributed by atoms with Gasteiger partial charge in [-0.15, -0.1) is 0 Å². The van der Waals surface area contributed by atoms with E-state index in [4.69, 9.17) is 5.73 Å². The van der Waals surface area contributed by atoms with Gasteiger partial charge in [-0.1, -0.05) is 18.2 Å². The molecular weight excluding hydrogens is 276 g/mol. The number of nitrogens with zero attached hydrogens (tertiary/aromatic N) is 3. The minimum absolute atomic E-state index is 0.186. The van der Waals surface area contributed by atoms with E-state index >= 15 is 0 Å². The minimum atomic E-state index is -3.57. The lowest BCUT2D eigenvalue weighted by Crippen LogP contribution is -2.28. The van der Waals surface area contributed by atoms with Crippen LogP contribution in [0, 0.1) is 0 Å². The lowest BCUT2D eigenvalue weighted by molar-refractivity contribution is 0.450. The average molecular weight is 294 g/mol. The number of benzene rings is 1. The maximum Gasteiger partial charge on any atom is 0.243 e. The van der Waals surface area contributed by atoms with E-state index in [2.05, 4.69) is 4.98 Å². The van der Waals surface area contributed by atoms with Gasteiger partial charge in [-0.25, -0.2) is 13.4 Å². The number of aryl methyl sites for hydroxylation is 1. The zero-order chi connectivity index (χ0) is 14.8. The smallest absolute Gasteiger partial charge is 0.243 e. The topological polar surface area (TPSA) is 81.2 Å². The molecule has 0 aliphatic rings. The van der Waals surface area contributed by atoms with Gasteiger partial charge < -0.3 is 10.3 Å². The molecule has 1 aromatic heterocycles. The minimum Gasteiger partial charge on any atom is -0.337 e. The second kappa shape index (κ2) is 5.74. The van der Waals surface area contributed by atoms with E-state index in [9.17, 15) is 8.42 Å². The van der Waals surface area contributed by atoms with Crippen molar-refractivity contribution >= 4 is 10.0 Å². The van der Waals surface area contributed by atoms with Gasteiger partial charge in [-0.05, 0) is 11.6 Å². The largest absolute Gasteiger partial charge is 0.337 e. The quantitative estimate of drug-likeness (QED) is 0.880. The fourth-order valence-corrected chi connectivity index (χ4v) is 3.28. The molecule has 108 valence electrons. The van der Waals surface area contributed by atoms with Crippen molar-refractivity contribution in [2.75, 3.05) is 7.05 Å². The van der Waals surface area contributed by atoms with Gasteiger partial charge in [-0.3, -0.25) is 0 Å². The number of hydrogen-bond acceptors (Lipinski definition) is 4. The van der Waals surface area contributed by atoms with E-state index < -0.39 is 10.0 Å². The third kappa shape index (κ3) is 2.74. The first-order valence-corrected chi connectivity index (χ1v) is 7.61. The molecule has 0 amide bonds. The van der Waals surface area contributed by atoms with Gasteiger partial charge in [0.25, 0.3) is 0 Å². The Hall–Kier alpha value is -1.70. The van der Waals surface area contributed by atoms with Gasteiger partial charge in [0.2, 0.25) is 10.0 Å². The van der Waals surface area contributed by atoms with Crippen LogP contribution in [0.4, 0.5) is 0 Å². The third-order valence-corrected chi connectivity index (χ3v) is 5.07. The second-order valence-electron chi connectivity index (χ2n) is 4.53. The first-order valence-electron chi connectivity index (χ1n) is 6.17. The monoisotopic (exact) mass is 294 g/mol. The number of imidazole rings is 1. The zero-order valence-electron chi connectivity index (χ0n) is 11.5. The van der Waals surface area contributed by atoms with Crippen LogP contribution in [0.3, 0.4) is 0 Å². The summed E-state index contributed by atoms with van der Waals surface area (Å²) in [6, 6.07) is 6.77. The van der Waals surface area contributed by atoms with Gasteiger partial charge in [0.1, 0.15) is 5.82 Å². The van der Waals surface area contributed by atoms with E-state index in [0.717, 1.165) is 0 Å². The normalized spacial score (nSPS) is 12.0. The van der Waals surface area contributed by atoms with Crippen molar-refractivity contribution in [1.29, 1.82) is 0 Å². The Labute approximate surface area is 118 Å². The van der Waals surface area contributed by atoms with Crippen molar-refractivity contribution in [1.82, 2.24) is 13.9 Å². The zero-order valence-corrected chi connectivity index (χ0v) is 12.3. The molecule has 0 spiro atoms. The molecule has 20 heavy (non-hydrogen) atoms. The van der Waals surface area contributed by atoms with Crippen LogP contribution < -0.4 is 5.73 Å². The fraction of sp³-hybridized carbons (Fsp3) is 0.308. The van der Waals surface area contributed by atoms with Crippen LogP contribution >= 0.6 is 0 Å². The lowest BCUT2D eigenvalue weighted by atomic mass is 10.2. The molecule has 1 aromatic carbocycles. The highest BCUT2D eigenvalue weighted by Gasteiger charge is 2.24. The van der Waals surface area contributed by atoms with Crippen LogP contribution in [0.15, 0.2) is 41.6 Å². The van der Waals surface area contributed by atoms with Crippen molar-refractivity contribution in [2.24, 2.45) is 12.8 Å².